The minimum Gasteiger partial charge on any atom is -0.494 e. The topological polar surface area (TPSA) is 14.2 Å². The molecule has 1 aromatic heterocycles. The lowest BCUT2D eigenvalue weighted by atomic mass is 10.0. The molecule has 0 bridgehead atoms. The van der Waals surface area contributed by atoms with E-state index < -0.39 is 0 Å². The van der Waals surface area contributed by atoms with Crippen LogP contribution in [0.15, 0.2) is 85.1 Å². The van der Waals surface area contributed by atoms with E-state index in [0.29, 0.717) is 6.61 Å². The maximum absolute atomic E-state index is 5.64. The average Bonchev–Trinajstić information content (AvgIpc) is 3.02. The van der Waals surface area contributed by atoms with E-state index in [-0.39, 0.29) is 0 Å². The Balaban J connectivity index is 1.77. The van der Waals surface area contributed by atoms with E-state index in [1.165, 1.54) is 27.7 Å². The summed E-state index contributed by atoms with van der Waals surface area (Å²) in [6.45, 7) is 2.71. The average molecular weight is 327 g/mol. The third kappa shape index (κ3) is 3.16. The normalized spacial score (nSPS) is 10.9. The minimum absolute atomic E-state index is 0.691. The molecule has 0 fully saturated rings. The van der Waals surface area contributed by atoms with Crippen LogP contribution >= 0.6 is 0 Å². The molecule has 1 heterocycles. The van der Waals surface area contributed by atoms with Crippen molar-refractivity contribution in [3.8, 4) is 11.4 Å². The number of rotatable bonds is 5. The van der Waals surface area contributed by atoms with Gasteiger partial charge in [0.15, 0.2) is 0 Å². The van der Waals surface area contributed by atoms with Crippen LogP contribution in [0.1, 0.15) is 18.1 Å². The fourth-order valence-corrected chi connectivity index (χ4v) is 3.33. The van der Waals surface area contributed by atoms with Gasteiger partial charge in [-0.2, -0.15) is 0 Å². The zero-order valence-corrected chi connectivity index (χ0v) is 14.4. The molecule has 0 radical (unpaired) electrons. The van der Waals surface area contributed by atoms with Gasteiger partial charge in [0, 0.05) is 17.3 Å². The van der Waals surface area contributed by atoms with Gasteiger partial charge in [-0.3, -0.25) is 0 Å². The molecule has 0 aliphatic heterocycles. The molecule has 0 aliphatic carbocycles. The van der Waals surface area contributed by atoms with Gasteiger partial charge in [0.2, 0.25) is 0 Å². The van der Waals surface area contributed by atoms with Crippen molar-refractivity contribution in [1.82, 2.24) is 4.57 Å². The van der Waals surface area contributed by atoms with Crippen molar-refractivity contribution >= 4 is 10.9 Å². The van der Waals surface area contributed by atoms with Gasteiger partial charge in [-0.1, -0.05) is 48.5 Å². The van der Waals surface area contributed by atoms with E-state index in [1.54, 1.807) is 0 Å². The van der Waals surface area contributed by atoms with Crippen LogP contribution in [0, 0.1) is 0 Å². The number of aromatic nitrogens is 1. The number of hydrogen-bond acceptors (Lipinski definition) is 1. The summed E-state index contributed by atoms with van der Waals surface area (Å²) in [7, 11) is 0. The molecule has 2 heteroatoms. The maximum Gasteiger partial charge on any atom is 0.119 e. The van der Waals surface area contributed by atoms with Crippen molar-refractivity contribution in [2.45, 2.75) is 13.3 Å². The van der Waals surface area contributed by atoms with Crippen LogP contribution in [0.3, 0.4) is 0 Å². The second-order valence-electron chi connectivity index (χ2n) is 6.13. The summed E-state index contributed by atoms with van der Waals surface area (Å²) >= 11 is 0. The first-order valence-electron chi connectivity index (χ1n) is 8.71. The summed E-state index contributed by atoms with van der Waals surface area (Å²) in [6.07, 6.45) is 3.15. The zero-order chi connectivity index (χ0) is 17.1. The maximum atomic E-state index is 5.64. The molecule has 0 atom stereocenters. The Morgan fingerprint density at radius 2 is 1.64 bits per heavy atom. The third-order valence-electron chi connectivity index (χ3n) is 4.43. The first-order chi connectivity index (χ1) is 12.3. The van der Waals surface area contributed by atoms with Gasteiger partial charge in [-0.05, 0) is 54.8 Å². The Bertz CT molecular complexity index is 985. The molecule has 124 valence electrons. The summed E-state index contributed by atoms with van der Waals surface area (Å²) in [4.78, 5) is 0. The number of nitrogens with zero attached hydrogens (tertiary/aromatic N) is 1. The Morgan fingerprint density at radius 1 is 0.840 bits per heavy atom. The molecule has 0 saturated carbocycles. The van der Waals surface area contributed by atoms with E-state index in [9.17, 15) is 0 Å². The Kier molecular flexibility index (Phi) is 4.26. The Labute approximate surface area is 148 Å². The summed E-state index contributed by atoms with van der Waals surface area (Å²) in [6, 6.07) is 27.5. The van der Waals surface area contributed by atoms with Crippen molar-refractivity contribution in [2.75, 3.05) is 6.61 Å². The monoisotopic (exact) mass is 327 g/mol. The first-order valence-corrected chi connectivity index (χ1v) is 8.71. The standard InChI is InChI=1S/C23H21NO/c1-2-25-21-12-8-9-18(16-21)15-19-17-24(20-10-4-3-5-11-20)23-14-7-6-13-22(19)23/h3-14,16-17H,2,15H2,1H3. The Hall–Kier alpha value is -3.00. The molecular formula is C23H21NO. The molecule has 4 aromatic rings. The van der Waals surface area contributed by atoms with Gasteiger partial charge in [0.25, 0.3) is 0 Å². The largest absolute Gasteiger partial charge is 0.494 e. The fraction of sp³-hybridized carbons (Fsp3) is 0.130. The molecule has 0 saturated heterocycles. The summed E-state index contributed by atoms with van der Waals surface area (Å²) in [5.41, 5.74) is 5.02. The summed E-state index contributed by atoms with van der Waals surface area (Å²) < 4.78 is 7.92. The number of benzene rings is 3. The van der Waals surface area contributed by atoms with Gasteiger partial charge < -0.3 is 9.30 Å². The van der Waals surface area contributed by atoms with Crippen molar-refractivity contribution in [3.05, 3.63) is 96.2 Å². The lowest BCUT2D eigenvalue weighted by Gasteiger charge is -2.06. The van der Waals surface area contributed by atoms with Gasteiger partial charge in [0.1, 0.15) is 5.75 Å². The van der Waals surface area contributed by atoms with E-state index in [0.717, 1.165) is 12.2 Å². The fourth-order valence-electron chi connectivity index (χ4n) is 3.33. The molecular weight excluding hydrogens is 306 g/mol. The first kappa shape index (κ1) is 15.5. The molecule has 25 heavy (non-hydrogen) atoms. The van der Waals surface area contributed by atoms with E-state index in [4.69, 9.17) is 4.74 Å². The van der Waals surface area contributed by atoms with E-state index in [2.05, 4.69) is 83.6 Å². The molecule has 4 rings (SSSR count). The highest BCUT2D eigenvalue weighted by molar-refractivity contribution is 5.86. The van der Waals surface area contributed by atoms with Gasteiger partial charge in [-0.25, -0.2) is 0 Å². The van der Waals surface area contributed by atoms with Gasteiger partial charge in [0.05, 0.1) is 12.1 Å². The highest BCUT2D eigenvalue weighted by Gasteiger charge is 2.10. The molecule has 2 nitrogen and oxygen atoms in total. The SMILES string of the molecule is CCOc1cccc(Cc2cn(-c3ccccc3)c3ccccc23)c1. The predicted octanol–water partition coefficient (Wildman–Crippen LogP) is 5.62. The van der Waals surface area contributed by atoms with Gasteiger partial charge >= 0.3 is 0 Å². The lowest BCUT2D eigenvalue weighted by molar-refractivity contribution is 0.340. The van der Waals surface area contributed by atoms with Crippen LogP contribution in [0.2, 0.25) is 0 Å². The quantitative estimate of drug-likeness (QED) is 0.464. The number of ether oxygens (including phenoxy) is 1. The molecule has 0 spiro atoms. The Morgan fingerprint density at radius 3 is 2.48 bits per heavy atom. The minimum atomic E-state index is 0.691. The highest BCUT2D eigenvalue weighted by atomic mass is 16.5. The molecule has 3 aromatic carbocycles. The predicted molar refractivity (Wildman–Crippen MR) is 104 cm³/mol. The number of para-hydroxylation sites is 2. The van der Waals surface area contributed by atoms with Gasteiger partial charge in [-0.15, -0.1) is 0 Å². The third-order valence-corrected chi connectivity index (χ3v) is 4.43. The lowest BCUT2D eigenvalue weighted by Crippen LogP contribution is -1.93. The highest BCUT2D eigenvalue weighted by Crippen LogP contribution is 2.27. The van der Waals surface area contributed by atoms with Crippen molar-refractivity contribution in [2.24, 2.45) is 0 Å². The second kappa shape index (κ2) is 6.86. The molecule has 0 N–H and O–H groups in total. The zero-order valence-electron chi connectivity index (χ0n) is 14.4. The number of hydrogen-bond donors (Lipinski definition) is 0. The van der Waals surface area contributed by atoms with Crippen molar-refractivity contribution in [3.63, 3.8) is 0 Å². The van der Waals surface area contributed by atoms with E-state index in [1.807, 2.05) is 13.0 Å². The summed E-state index contributed by atoms with van der Waals surface area (Å²) in [5, 5.41) is 1.30. The number of fused-ring (bicyclic) bond motifs is 1. The van der Waals surface area contributed by atoms with E-state index >= 15 is 0 Å². The van der Waals surface area contributed by atoms with Crippen LogP contribution in [0.25, 0.3) is 16.6 Å². The molecule has 0 unspecified atom stereocenters. The van der Waals surface area contributed by atoms with Crippen LogP contribution in [0.4, 0.5) is 0 Å². The van der Waals surface area contributed by atoms with Crippen LogP contribution in [0.5, 0.6) is 5.75 Å². The van der Waals surface area contributed by atoms with Crippen molar-refractivity contribution < 1.29 is 4.74 Å². The molecule has 0 amide bonds. The second-order valence-corrected chi connectivity index (χ2v) is 6.13. The smallest absolute Gasteiger partial charge is 0.119 e. The molecule has 0 aliphatic rings. The van der Waals surface area contributed by atoms with Crippen LogP contribution in [-0.4, -0.2) is 11.2 Å². The summed E-state index contributed by atoms with van der Waals surface area (Å²) in [5.74, 6) is 0.937. The van der Waals surface area contributed by atoms with Crippen molar-refractivity contribution in [1.29, 1.82) is 0 Å². The van der Waals surface area contributed by atoms with Crippen LogP contribution in [-0.2, 0) is 6.42 Å². The van der Waals surface area contributed by atoms with Crippen LogP contribution < -0.4 is 4.74 Å².